The van der Waals surface area contributed by atoms with Crippen molar-refractivity contribution in [2.24, 2.45) is 0 Å². The molecular formula is C15H28N2O. The Labute approximate surface area is 112 Å². The van der Waals surface area contributed by atoms with Crippen LogP contribution in [0.5, 0.6) is 5.75 Å². The second kappa shape index (κ2) is 9.77. The van der Waals surface area contributed by atoms with Crippen molar-refractivity contribution < 1.29 is 4.74 Å². The summed E-state index contributed by atoms with van der Waals surface area (Å²) >= 11 is 0. The Morgan fingerprint density at radius 3 is 2.28 bits per heavy atom. The third-order valence-corrected chi connectivity index (χ3v) is 2.62. The molecule has 0 aliphatic carbocycles. The topological polar surface area (TPSA) is 15.7 Å². The van der Waals surface area contributed by atoms with E-state index < -0.39 is 0 Å². The summed E-state index contributed by atoms with van der Waals surface area (Å²) in [6.07, 6.45) is 0. The molecule has 3 heteroatoms. The summed E-state index contributed by atoms with van der Waals surface area (Å²) in [6.45, 7) is 9.29. The predicted molar refractivity (Wildman–Crippen MR) is 80.8 cm³/mol. The van der Waals surface area contributed by atoms with E-state index in [1.54, 1.807) is 7.11 Å². The van der Waals surface area contributed by atoms with Gasteiger partial charge in [-0.3, -0.25) is 0 Å². The maximum Gasteiger partial charge on any atom is 0.120 e. The van der Waals surface area contributed by atoms with Crippen molar-refractivity contribution in [3.05, 3.63) is 24.3 Å². The van der Waals surface area contributed by atoms with Crippen LogP contribution in [0.25, 0.3) is 0 Å². The van der Waals surface area contributed by atoms with Crippen LogP contribution in [0.15, 0.2) is 24.3 Å². The van der Waals surface area contributed by atoms with Gasteiger partial charge in [0.15, 0.2) is 0 Å². The van der Waals surface area contributed by atoms with Gasteiger partial charge in [-0.2, -0.15) is 0 Å². The van der Waals surface area contributed by atoms with E-state index in [0.29, 0.717) is 0 Å². The van der Waals surface area contributed by atoms with E-state index in [1.165, 1.54) is 5.69 Å². The Kier molecular flexibility index (Phi) is 9.11. The summed E-state index contributed by atoms with van der Waals surface area (Å²) in [5.41, 5.74) is 1.23. The molecule has 0 fully saturated rings. The zero-order chi connectivity index (χ0) is 14.0. The fourth-order valence-electron chi connectivity index (χ4n) is 1.60. The highest BCUT2D eigenvalue weighted by Crippen LogP contribution is 2.20. The van der Waals surface area contributed by atoms with Crippen molar-refractivity contribution in [2.45, 2.75) is 20.8 Å². The lowest BCUT2D eigenvalue weighted by atomic mass is 10.2. The van der Waals surface area contributed by atoms with Crippen LogP contribution >= 0.6 is 0 Å². The van der Waals surface area contributed by atoms with Crippen LogP contribution < -0.4 is 9.64 Å². The molecule has 0 aliphatic rings. The lowest BCUT2D eigenvalue weighted by molar-refractivity contribution is 0.411. The van der Waals surface area contributed by atoms with E-state index in [9.17, 15) is 0 Å². The SMILES string of the molecule is CC.CCN(CCN(C)C)c1cccc(OC)c1. The maximum absolute atomic E-state index is 5.24. The largest absolute Gasteiger partial charge is 0.497 e. The number of ether oxygens (including phenoxy) is 1. The Hall–Kier alpha value is -1.22. The molecule has 0 radical (unpaired) electrons. The summed E-state index contributed by atoms with van der Waals surface area (Å²) in [5.74, 6) is 0.917. The molecule has 3 nitrogen and oxygen atoms in total. The van der Waals surface area contributed by atoms with Crippen LogP contribution in [0.4, 0.5) is 5.69 Å². The van der Waals surface area contributed by atoms with Gasteiger partial charge in [0.2, 0.25) is 0 Å². The van der Waals surface area contributed by atoms with Crippen LogP contribution in [-0.4, -0.2) is 45.7 Å². The van der Waals surface area contributed by atoms with E-state index in [4.69, 9.17) is 4.74 Å². The van der Waals surface area contributed by atoms with Gasteiger partial charge in [-0.15, -0.1) is 0 Å². The highest BCUT2D eigenvalue weighted by atomic mass is 16.5. The first-order chi connectivity index (χ1) is 8.67. The fourth-order valence-corrected chi connectivity index (χ4v) is 1.60. The molecule has 0 amide bonds. The number of hydrogen-bond acceptors (Lipinski definition) is 3. The van der Waals surface area contributed by atoms with Crippen molar-refractivity contribution in [2.75, 3.05) is 45.7 Å². The Balaban J connectivity index is 0.00000137. The smallest absolute Gasteiger partial charge is 0.120 e. The third kappa shape index (κ3) is 5.92. The average molecular weight is 252 g/mol. The number of hydrogen-bond donors (Lipinski definition) is 0. The minimum Gasteiger partial charge on any atom is -0.497 e. The first kappa shape index (κ1) is 16.8. The number of rotatable bonds is 6. The van der Waals surface area contributed by atoms with Crippen LogP contribution in [0, 0.1) is 0 Å². The molecule has 0 saturated carbocycles. The first-order valence-corrected chi connectivity index (χ1v) is 6.71. The zero-order valence-electron chi connectivity index (χ0n) is 12.7. The molecule has 1 rings (SSSR count). The molecule has 0 atom stereocenters. The molecular weight excluding hydrogens is 224 g/mol. The van der Waals surface area contributed by atoms with Gasteiger partial charge in [0.1, 0.15) is 5.75 Å². The van der Waals surface area contributed by atoms with Gasteiger partial charge in [-0.25, -0.2) is 0 Å². The Morgan fingerprint density at radius 1 is 1.11 bits per heavy atom. The van der Waals surface area contributed by atoms with Crippen LogP contribution in [-0.2, 0) is 0 Å². The van der Waals surface area contributed by atoms with Gasteiger partial charge in [0, 0.05) is 31.4 Å². The van der Waals surface area contributed by atoms with Crippen LogP contribution in [0.2, 0.25) is 0 Å². The molecule has 0 unspecified atom stereocenters. The number of anilines is 1. The minimum atomic E-state index is 0.917. The molecule has 104 valence electrons. The van der Waals surface area contributed by atoms with E-state index >= 15 is 0 Å². The zero-order valence-corrected chi connectivity index (χ0v) is 12.7. The first-order valence-electron chi connectivity index (χ1n) is 6.71. The molecule has 0 aromatic heterocycles. The van der Waals surface area contributed by atoms with Crippen molar-refractivity contribution in [3.8, 4) is 5.75 Å². The molecule has 0 bridgehead atoms. The van der Waals surface area contributed by atoms with Gasteiger partial charge < -0.3 is 14.5 Å². The van der Waals surface area contributed by atoms with E-state index in [0.717, 1.165) is 25.4 Å². The normalized spacial score (nSPS) is 9.72. The molecule has 0 spiro atoms. The van der Waals surface area contributed by atoms with Gasteiger partial charge in [-0.1, -0.05) is 19.9 Å². The molecule has 18 heavy (non-hydrogen) atoms. The highest BCUT2D eigenvalue weighted by molar-refractivity contribution is 5.50. The second-order valence-corrected chi connectivity index (χ2v) is 4.08. The molecule has 1 aromatic carbocycles. The molecule has 0 heterocycles. The highest BCUT2D eigenvalue weighted by Gasteiger charge is 2.05. The van der Waals surface area contributed by atoms with Gasteiger partial charge in [-0.05, 0) is 33.2 Å². The maximum atomic E-state index is 5.24. The van der Waals surface area contributed by atoms with Gasteiger partial charge in [0.25, 0.3) is 0 Å². The predicted octanol–water partition coefficient (Wildman–Crippen LogP) is 3.11. The Bertz CT molecular complexity index is 313. The minimum absolute atomic E-state index is 0.917. The number of methoxy groups -OCH3 is 1. The van der Waals surface area contributed by atoms with Crippen molar-refractivity contribution in [1.29, 1.82) is 0 Å². The molecule has 0 N–H and O–H groups in total. The van der Waals surface area contributed by atoms with Crippen molar-refractivity contribution in [1.82, 2.24) is 4.90 Å². The Morgan fingerprint density at radius 2 is 1.78 bits per heavy atom. The van der Waals surface area contributed by atoms with Crippen molar-refractivity contribution >= 4 is 5.69 Å². The lowest BCUT2D eigenvalue weighted by Crippen LogP contribution is -2.31. The summed E-state index contributed by atoms with van der Waals surface area (Å²) < 4.78 is 5.24. The quantitative estimate of drug-likeness (QED) is 0.773. The third-order valence-electron chi connectivity index (χ3n) is 2.62. The van der Waals surface area contributed by atoms with Crippen LogP contribution in [0.3, 0.4) is 0 Å². The van der Waals surface area contributed by atoms with Gasteiger partial charge >= 0.3 is 0 Å². The number of benzene rings is 1. The molecule has 1 aromatic rings. The summed E-state index contributed by atoms with van der Waals surface area (Å²) in [4.78, 5) is 4.55. The summed E-state index contributed by atoms with van der Waals surface area (Å²) in [7, 11) is 5.90. The van der Waals surface area contributed by atoms with E-state index in [1.807, 2.05) is 26.0 Å². The average Bonchev–Trinajstić information content (AvgIpc) is 2.41. The van der Waals surface area contributed by atoms with Crippen LogP contribution in [0.1, 0.15) is 20.8 Å². The van der Waals surface area contributed by atoms with E-state index in [2.05, 4.69) is 43.0 Å². The monoisotopic (exact) mass is 252 g/mol. The fraction of sp³-hybridized carbons (Fsp3) is 0.600. The van der Waals surface area contributed by atoms with Gasteiger partial charge in [0.05, 0.1) is 7.11 Å². The number of likely N-dealkylation sites (N-methyl/N-ethyl adjacent to an activating group) is 2. The summed E-state index contributed by atoms with van der Waals surface area (Å²) in [6, 6.07) is 8.22. The lowest BCUT2D eigenvalue weighted by Gasteiger charge is -2.25. The number of nitrogens with zero attached hydrogens (tertiary/aromatic N) is 2. The summed E-state index contributed by atoms with van der Waals surface area (Å²) in [5, 5.41) is 0. The molecule has 0 aliphatic heterocycles. The van der Waals surface area contributed by atoms with E-state index in [-0.39, 0.29) is 0 Å². The van der Waals surface area contributed by atoms with Crippen molar-refractivity contribution in [3.63, 3.8) is 0 Å². The molecule has 0 saturated heterocycles. The standard InChI is InChI=1S/C13H22N2O.C2H6/c1-5-15(10-9-14(2)3)12-7-6-8-13(11-12)16-4;1-2/h6-8,11H,5,9-10H2,1-4H3;1-2H3. The second-order valence-electron chi connectivity index (χ2n) is 4.08.